The fourth-order valence-electron chi connectivity index (χ4n) is 1.21. The van der Waals surface area contributed by atoms with Crippen LogP contribution in [0, 0.1) is 0 Å². The van der Waals surface area contributed by atoms with Crippen LogP contribution >= 0.6 is 26.7 Å². The minimum absolute atomic E-state index is 0.639. The molecule has 0 bridgehead atoms. The first-order chi connectivity index (χ1) is 7.86. The molecule has 0 radical (unpaired) electrons. The largest absolute Gasteiger partial charge is 0.618 e. The molecule has 0 spiro atoms. The average molecular weight is 281 g/mol. The second-order valence-corrected chi connectivity index (χ2v) is 6.99. The fraction of sp³-hybridized carbons (Fsp3) is 0. The molecule has 0 aliphatic heterocycles. The minimum Gasteiger partial charge on any atom is -0.309 e. The van der Waals surface area contributed by atoms with Gasteiger partial charge in [-0.15, -0.1) is 0 Å². The van der Waals surface area contributed by atoms with Gasteiger partial charge in [-0.3, -0.25) is 0 Å². The van der Waals surface area contributed by atoms with Crippen LogP contribution in [0.15, 0.2) is 60.7 Å². The van der Waals surface area contributed by atoms with E-state index in [0.29, 0.717) is 0 Å². The van der Waals surface area contributed by atoms with E-state index in [4.69, 9.17) is 18.1 Å². The SMILES string of the molecule is [Cl][Mg][Cl].c1ccc(Pc2ccccc2)cc1. The molecule has 0 aromatic heterocycles. The lowest BCUT2D eigenvalue weighted by Crippen LogP contribution is -2.01. The van der Waals surface area contributed by atoms with Gasteiger partial charge in [-0.2, -0.15) is 0 Å². The lowest BCUT2D eigenvalue weighted by molar-refractivity contribution is 1.76. The Kier molecular flexibility index (Phi) is 8.27. The molecule has 0 aliphatic rings. The summed E-state index contributed by atoms with van der Waals surface area (Å²) in [6, 6.07) is 21.2. The highest BCUT2D eigenvalue weighted by Crippen LogP contribution is 2.08. The summed E-state index contributed by atoms with van der Waals surface area (Å²) < 4.78 is 0. The third-order valence-corrected chi connectivity index (χ3v) is 3.08. The molecule has 0 N–H and O–H groups in total. The summed E-state index contributed by atoms with van der Waals surface area (Å²) in [5.41, 5.74) is 0. The van der Waals surface area contributed by atoms with E-state index in [-0.39, 0.29) is 0 Å². The molecule has 0 amide bonds. The zero-order valence-electron chi connectivity index (χ0n) is 8.74. The fourth-order valence-corrected chi connectivity index (χ4v) is 2.26. The Bertz CT molecular complexity index is 343. The minimum atomic E-state index is -0.639. The van der Waals surface area contributed by atoms with E-state index in [1.807, 2.05) is 0 Å². The van der Waals surface area contributed by atoms with E-state index < -0.39 is 18.2 Å². The molecule has 0 saturated carbocycles. The van der Waals surface area contributed by atoms with Gasteiger partial charge in [0.2, 0.25) is 0 Å². The van der Waals surface area contributed by atoms with Crippen molar-refractivity contribution >= 4 is 55.5 Å². The first-order valence-corrected chi connectivity index (χ1v) is 10.1. The van der Waals surface area contributed by atoms with Crippen LogP contribution in [0.25, 0.3) is 0 Å². The highest BCUT2D eigenvalue weighted by atomic mass is 35.6. The van der Waals surface area contributed by atoms with Crippen LogP contribution in [0.1, 0.15) is 0 Å². The molecule has 80 valence electrons. The second-order valence-electron chi connectivity index (χ2n) is 2.96. The van der Waals surface area contributed by atoms with Gasteiger partial charge in [0.15, 0.2) is 0 Å². The maximum Gasteiger partial charge on any atom is 0.618 e. The Labute approximate surface area is 115 Å². The van der Waals surface area contributed by atoms with Gasteiger partial charge < -0.3 is 18.1 Å². The van der Waals surface area contributed by atoms with E-state index in [2.05, 4.69) is 60.7 Å². The Morgan fingerprint density at radius 1 is 0.688 bits per heavy atom. The predicted octanol–water partition coefficient (Wildman–Crippen LogP) is 3.31. The molecule has 2 aromatic rings. The predicted molar refractivity (Wildman–Crippen MR) is 77.9 cm³/mol. The van der Waals surface area contributed by atoms with Crippen molar-refractivity contribution in [2.45, 2.75) is 0 Å². The van der Waals surface area contributed by atoms with Crippen molar-refractivity contribution < 1.29 is 0 Å². The van der Waals surface area contributed by atoms with Crippen LogP contribution < -0.4 is 10.6 Å². The first-order valence-electron chi connectivity index (χ1n) is 4.86. The van der Waals surface area contributed by atoms with Gasteiger partial charge in [0.25, 0.3) is 0 Å². The van der Waals surface area contributed by atoms with Crippen molar-refractivity contribution in [3.8, 4) is 0 Å². The molecule has 0 aliphatic carbocycles. The number of benzene rings is 2. The number of hydrogen-bond acceptors (Lipinski definition) is 0. The summed E-state index contributed by atoms with van der Waals surface area (Å²) in [5.74, 6) is 0. The molecule has 0 nitrogen and oxygen atoms in total. The molecule has 2 rings (SSSR count). The van der Waals surface area contributed by atoms with Crippen molar-refractivity contribution in [2.24, 2.45) is 0 Å². The van der Waals surface area contributed by atoms with Crippen LogP contribution in [0.2, 0.25) is 0 Å². The standard InChI is InChI=1S/C12H11P.2ClH.Mg/c1-3-7-11(8-4-1)13-12-9-5-2-6-10-12;;;/h1-10,13H;2*1H;/q;;;+2/p-2. The number of rotatable bonds is 2. The van der Waals surface area contributed by atoms with E-state index >= 15 is 0 Å². The Morgan fingerprint density at radius 3 is 1.31 bits per heavy atom. The lowest BCUT2D eigenvalue weighted by atomic mass is 10.4. The molecule has 0 saturated heterocycles. The van der Waals surface area contributed by atoms with E-state index in [9.17, 15) is 0 Å². The highest BCUT2D eigenvalue weighted by Gasteiger charge is 1.92. The topological polar surface area (TPSA) is 0 Å². The number of halogens is 2. The van der Waals surface area contributed by atoms with Crippen molar-refractivity contribution in [3.63, 3.8) is 0 Å². The summed E-state index contributed by atoms with van der Waals surface area (Å²) in [6.07, 6.45) is 0. The molecule has 2 aromatic carbocycles. The quantitative estimate of drug-likeness (QED) is 0.585. The molecule has 0 unspecified atom stereocenters. The molecule has 4 heteroatoms. The van der Waals surface area contributed by atoms with Gasteiger partial charge in [-0.1, -0.05) is 69.2 Å². The maximum absolute atomic E-state index is 4.90. The summed E-state index contributed by atoms with van der Waals surface area (Å²) >= 11 is -0.639. The van der Waals surface area contributed by atoms with Gasteiger partial charge in [0.1, 0.15) is 0 Å². The molecular weight excluding hydrogens is 270 g/mol. The van der Waals surface area contributed by atoms with Crippen molar-refractivity contribution in [3.05, 3.63) is 60.7 Å². The van der Waals surface area contributed by atoms with Crippen LogP contribution in [0.5, 0.6) is 0 Å². The van der Waals surface area contributed by atoms with Crippen molar-refractivity contribution in [2.75, 3.05) is 0 Å². The smallest absolute Gasteiger partial charge is 0.309 e. The van der Waals surface area contributed by atoms with E-state index in [0.717, 1.165) is 8.58 Å². The molecule has 0 heterocycles. The Hall–Kier alpha value is 0.216. The highest BCUT2D eigenvalue weighted by molar-refractivity contribution is 7.55. The summed E-state index contributed by atoms with van der Waals surface area (Å²) in [4.78, 5) is 0. The van der Waals surface area contributed by atoms with Gasteiger partial charge in [0, 0.05) is 0 Å². The third kappa shape index (κ3) is 6.08. The molecule has 0 atom stereocenters. The van der Waals surface area contributed by atoms with Gasteiger partial charge >= 0.3 is 18.2 Å². The van der Waals surface area contributed by atoms with Gasteiger partial charge in [0.05, 0.1) is 0 Å². The zero-order chi connectivity index (χ0) is 11.6. The van der Waals surface area contributed by atoms with Crippen LogP contribution in [-0.2, 0) is 0 Å². The van der Waals surface area contributed by atoms with Crippen molar-refractivity contribution in [1.82, 2.24) is 0 Å². The molecular formula is C12H11Cl2MgP. The Morgan fingerprint density at radius 2 is 1.00 bits per heavy atom. The average Bonchev–Trinajstić information content (AvgIpc) is 2.33. The number of hydrogen-bond donors (Lipinski definition) is 0. The first kappa shape index (κ1) is 14.3. The van der Waals surface area contributed by atoms with Crippen LogP contribution in [0.4, 0.5) is 0 Å². The summed E-state index contributed by atoms with van der Waals surface area (Å²) in [5, 5.41) is 2.79. The summed E-state index contributed by atoms with van der Waals surface area (Å²) in [7, 11) is 10.6. The lowest BCUT2D eigenvalue weighted by Gasteiger charge is -2.00. The molecule has 16 heavy (non-hydrogen) atoms. The zero-order valence-corrected chi connectivity index (χ0v) is 12.7. The maximum atomic E-state index is 4.90. The molecule has 0 fully saturated rings. The van der Waals surface area contributed by atoms with E-state index in [1.165, 1.54) is 10.6 Å². The Balaban J connectivity index is 0.000000386. The monoisotopic (exact) mass is 280 g/mol. The van der Waals surface area contributed by atoms with E-state index in [1.54, 1.807) is 0 Å². The van der Waals surface area contributed by atoms with Crippen LogP contribution in [0.3, 0.4) is 0 Å². The summed E-state index contributed by atoms with van der Waals surface area (Å²) in [6.45, 7) is 0. The second kappa shape index (κ2) is 9.27. The van der Waals surface area contributed by atoms with Crippen LogP contribution in [-0.4, -0.2) is 18.2 Å². The van der Waals surface area contributed by atoms with Gasteiger partial charge in [-0.05, 0) is 10.6 Å². The van der Waals surface area contributed by atoms with Crippen molar-refractivity contribution in [1.29, 1.82) is 0 Å². The van der Waals surface area contributed by atoms with Gasteiger partial charge in [-0.25, -0.2) is 0 Å². The third-order valence-electron chi connectivity index (χ3n) is 1.84. The normalized spacial score (nSPS) is 8.62.